The highest BCUT2D eigenvalue weighted by Crippen LogP contribution is 2.44. The molecule has 0 radical (unpaired) electrons. The lowest BCUT2D eigenvalue weighted by Gasteiger charge is -2.37. The van der Waals surface area contributed by atoms with Gasteiger partial charge in [-0.1, -0.05) is 43.3 Å². The number of ether oxygens (including phenoxy) is 3. The Morgan fingerprint density at radius 3 is 2.35 bits per heavy atom. The van der Waals surface area contributed by atoms with Crippen molar-refractivity contribution >= 4 is 29.6 Å². The number of nitrogens with zero attached hydrogens (tertiary/aromatic N) is 4. The summed E-state index contributed by atoms with van der Waals surface area (Å²) in [5.74, 6) is 0.481. The van der Waals surface area contributed by atoms with Crippen LogP contribution in [0.3, 0.4) is 0 Å². The first kappa shape index (κ1) is 28.9. The molecule has 0 bridgehead atoms. The van der Waals surface area contributed by atoms with E-state index < -0.39 is 29.5 Å². The lowest BCUT2D eigenvalue weighted by molar-refractivity contribution is -0.148. The van der Waals surface area contributed by atoms with Crippen molar-refractivity contribution in [1.29, 1.82) is 0 Å². The molecule has 1 aliphatic rings. The number of rotatable bonds is 10. The van der Waals surface area contributed by atoms with Crippen LogP contribution in [-0.4, -0.2) is 67.6 Å². The lowest BCUT2D eigenvalue weighted by Crippen LogP contribution is -2.49. The molecule has 0 amide bonds. The van der Waals surface area contributed by atoms with E-state index in [0.29, 0.717) is 17.3 Å². The summed E-state index contributed by atoms with van der Waals surface area (Å²) in [7, 11) is 0. The molecule has 4 rings (SSSR count). The SMILES string of the molecule is CCOC(=O)OCOC(=O)C1=C(C(C)(C)O)NC(C)(SCC)N1c1ccc(-c2ccccc2-c2nnn[nH]2)cc1. The van der Waals surface area contributed by atoms with Crippen LogP contribution < -0.4 is 10.2 Å². The fourth-order valence-corrected chi connectivity index (χ4v) is 5.49. The Morgan fingerprint density at radius 2 is 1.75 bits per heavy atom. The van der Waals surface area contributed by atoms with Gasteiger partial charge in [0, 0.05) is 11.3 Å². The summed E-state index contributed by atoms with van der Waals surface area (Å²) < 4.78 is 14.8. The maximum Gasteiger partial charge on any atom is 0.511 e. The van der Waals surface area contributed by atoms with Gasteiger partial charge in [-0.15, -0.1) is 16.9 Å². The average Bonchev–Trinajstić information content (AvgIpc) is 3.56. The number of hydrogen-bond donors (Lipinski definition) is 3. The summed E-state index contributed by atoms with van der Waals surface area (Å²) in [4.78, 5) is 26.0. The number of benzene rings is 2. The molecule has 1 unspecified atom stereocenters. The van der Waals surface area contributed by atoms with Crippen molar-refractivity contribution in [3.63, 3.8) is 0 Å². The molecule has 2 heterocycles. The third kappa shape index (κ3) is 6.05. The number of hydrogen-bond acceptors (Lipinski definition) is 12. The molecule has 0 saturated carbocycles. The zero-order valence-corrected chi connectivity index (χ0v) is 23.7. The number of carbonyl (C=O) groups is 2. The summed E-state index contributed by atoms with van der Waals surface area (Å²) in [5.41, 5.74) is 2.31. The third-order valence-corrected chi connectivity index (χ3v) is 7.20. The predicted molar refractivity (Wildman–Crippen MR) is 150 cm³/mol. The number of tetrazole rings is 1. The number of aliphatic hydroxyl groups is 1. The molecule has 212 valence electrons. The van der Waals surface area contributed by atoms with E-state index in [4.69, 9.17) is 14.2 Å². The normalized spacial score (nSPS) is 17.0. The molecule has 1 aliphatic heterocycles. The topological polar surface area (TPSA) is 152 Å². The van der Waals surface area contributed by atoms with Gasteiger partial charge in [-0.3, -0.25) is 0 Å². The zero-order chi connectivity index (χ0) is 28.9. The Balaban J connectivity index is 1.72. The Morgan fingerprint density at radius 1 is 1.05 bits per heavy atom. The van der Waals surface area contributed by atoms with Crippen LogP contribution in [0.2, 0.25) is 0 Å². The van der Waals surface area contributed by atoms with Crippen LogP contribution in [0.1, 0.15) is 34.6 Å². The minimum Gasteiger partial charge on any atom is -0.435 e. The quantitative estimate of drug-likeness (QED) is 0.239. The highest BCUT2D eigenvalue weighted by atomic mass is 32.2. The molecule has 0 spiro atoms. The fourth-order valence-electron chi connectivity index (χ4n) is 4.43. The van der Waals surface area contributed by atoms with Crippen LogP contribution in [-0.2, 0) is 19.0 Å². The van der Waals surface area contributed by atoms with E-state index in [9.17, 15) is 14.7 Å². The second-order valence-corrected chi connectivity index (χ2v) is 11.0. The number of esters is 1. The summed E-state index contributed by atoms with van der Waals surface area (Å²) in [6, 6.07) is 15.4. The number of H-pyrrole nitrogens is 1. The van der Waals surface area contributed by atoms with Crippen molar-refractivity contribution in [3.05, 3.63) is 59.9 Å². The van der Waals surface area contributed by atoms with Gasteiger partial charge in [0.15, 0.2) is 16.5 Å². The Hall–Kier alpha value is -4.10. The van der Waals surface area contributed by atoms with Crippen molar-refractivity contribution in [2.24, 2.45) is 0 Å². The van der Waals surface area contributed by atoms with Gasteiger partial charge < -0.3 is 29.5 Å². The van der Waals surface area contributed by atoms with Crippen molar-refractivity contribution in [2.75, 3.05) is 24.1 Å². The molecule has 1 atom stereocenters. The van der Waals surface area contributed by atoms with Gasteiger partial charge in [0.25, 0.3) is 0 Å². The molecule has 40 heavy (non-hydrogen) atoms. The maximum absolute atomic E-state index is 13.4. The van der Waals surface area contributed by atoms with Crippen LogP contribution in [0.15, 0.2) is 59.9 Å². The molecule has 12 nitrogen and oxygen atoms in total. The van der Waals surface area contributed by atoms with Crippen LogP contribution in [0.4, 0.5) is 10.5 Å². The standard InChI is InChI=1S/C27H32N6O6S/c1-6-37-25(35)39-16-38-24(34)21-22(26(3,4)36)28-27(5,40-7-2)33(21)18-14-12-17(13-15-18)19-10-8-9-11-20(19)23-29-31-32-30-23/h8-15,28,36H,6-7,16H2,1-5H3,(H,29,30,31,32). The summed E-state index contributed by atoms with van der Waals surface area (Å²) in [6.07, 6.45) is -0.947. The summed E-state index contributed by atoms with van der Waals surface area (Å²) >= 11 is 1.54. The van der Waals surface area contributed by atoms with E-state index >= 15 is 0 Å². The second-order valence-electron chi connectivity index (χ2n) is 9.38. The molecule has 1 aromatic heterocycles. The van der Waals surface area contributed by atoms with Crippen molar-refractivity contribution in [1.82, 2.24) is 25.9 Å². The number of anilines is 1. The summed E-state index contributed by atoms with van der Waals surface area (Å²) in [6.45, 7) is 8.20. The van der Waals surface area contributed by atoms with E-state index in [-0.39, 0.29) is 18.0 Å². The van der Waals surface area contributed by atoms with E-state index in [1.165, 1.54) is 0 Å². The van der Waals surface area contributed by atoms with Gasteiger partial charge >= 0.3 is 12.1 Å². The lowest BCUT2D eigenvalue weighted by atomic mass is 9.99. The molecule has 0 saturated heterocycles. The second kappa shape index (κ2) is 12.0. The van der Waals surface area contributed by atoms with Gasteiger partial charge in [0.1, 0.15) is 5.60 Å². The largest absolute Gasteiger partial charge is 0.511 e. The van der Waals surface area contributed by atoms with Crippen LogP contribution in [0.25, 0.3) is 22.5 Å². The van der Waals surface area contributed by atoms with Crippen molar-refractivity contribution in [2.45, 2.75) is 45.2 Å². The Kier molecular flexibility index (Phi) is 8.64. The van der Waals surface area contributed by atoms with E-state index in [0.717, 1.165) is 16.7 Å². The van der Waals surface area contributed by atoms with E-state index in [1.807, 2.05) is 62.4 Å². The number of aromatic nitrogens is 4. The Labute approximate surface area is 236 Å². The monoisotopic (exact) mass is 568 g/mol. The highest BCUT2D eigenvalue weighted by Gasteiger charge is 2.49. The first-order valence-electron chi connectivity index (χ1n) is 12.7. The van der Waals surface area contributed by atoms with E-state index in [1.54, 1.807) is 37.4 Å². The molecular formula is C27H32N6O6S. The molecule has 0 fully saturated rings. The van der Waals surface area contributed by atoms with Crippen LogP contribution >= 0.6 is 11.8 Å². The van der Waals surface area contributed by atoms with Crippen molar-refractivity contribution in [3.8, 4) is 22.5 Å². The third-order valence-electron chi connectivity index (χ3n) is 6.07. The Bertz CT molecular complexity index is 1370. The molecule has 2 aromatic carbocycles. The molecule has 3 aromatic rings. The minimum atomic E-state index is -1.41. The minimum absolute atomic E-state index is 0.101. The smallest absolute Gasteiger partial charge is 0.435 e. The number of thioether (sulfide) groups is 1. The molecule has 13 heteroatoms. The maximum atomic E-state index is 13.4. The number of aromatic amines is 1. The number of nitrogens with one attached hydrogen (secondary N) is 2. The van der Waals surface area contributed by atoms with Gasteiger partial charge in [0.2, 0.25) is 6.79 Å². The van der Waals surface area contributed by atoms with Gasteiger partial charge in [-0.2, -0.15) is 0 Å². The zero-order valence-electron chi connectivity index (χ0n) is 22.9. The van der Waals surface area contributed by atoms with E-state index in [2.05, 4.69) is 25.9 Å². The molecular weight excluding hydrogens is 536 g/mol. The summed E-state index contributed by atoms with van der Waals surface area (Å²) in [5, 5.41) is 28.6. The van der Waals surface area contributed by atoms with Crippen LogP contribution in [0.5, 0.6) is 0 Å². The molecule has 3 N–H and O–H groups in total. The average molecular weight is 569 g/mol. The predicted octanol–water partition coefficient (Wildman–Crippen LogP) is 4.03. The van der Waals surface area contributed by atoms with Gasteiger partial charge in [-0.25, -0.2) is 14.7 Å². The van der Waals surface area contributed by atoms with Gasteiger partial charge in [-0.05, 0) is 67.1 Å². The highest BCUT2D eigenvalue weighted by molar-refractivity contribution is 8.00. The molecule has 0 aliphatic carbocycles. The first-order valence-corrected chi connectivity index (χ1v) is 13.7. The van der Waals surface area contributed by atoms with Gasteiger partial charge in [0.05, 0.1) is 12.3 Å². The fraction of sp³-hybridized carbons (Fsp3) is 0.370. The van der Waals surface area contributed by atoms with Crippen LogP contribution in [0, 0.1) is 0 Å². The van der Waals surface area contributed by atoms with Crippen molar-refractivity contribution < 1.29 is 28.9 Å². The first-order chi connectivity index (χ1) is 19.1. The number of carbonyl (C=O) groups excluding carboxylic acids is 2.